The van der Waals surface area contributed by atoms with Gasteiger partial charge in [-0.15, -0.1) is 0 Å². The molecule has 0 spiro atoms. The topological polar surface area (TPSA) is 104 Å². The molecule has 0 unspecified atom stereocenters. The number of esters is 1. The predicted octanol–water partition coefficient (Wildman–Crippen LogP) is 7.07. The molecule has 1 heterocycles. The van der Waals surface area contributed by atoms with E-state index < -0.39 is 17.5 Å². The molecular weight excluding hydrogens is 492 g/mol. The number of fused-ring (bicyclic) bond motifs is 1. The number of hydrogen-bond acceptors (Lipinski definition) is 5. The number of phenolic OH excluding ortho intramolecular Hbond substituents is 2. The Balaban J connectivity index is 2.24. The van der Waals surface area contributed by atoms with E-state index in [4.69, 9.17) is 4.74 Å². The molecule has 0 atom stereocenters. The summed E-state index contributed by atoms with van der Waals surface area (Å²) in [7, 11) is 0. The van der Waals surface area contributed by atoms with Gasteiger partial charge in [0.1, 0.15) is 11.5 Å². The number of carbonyl (C=O) groups excluding carboxylic acids is 1. The number of carboxylic acid groups (broad SMARTS) is 1. The van der Waals surface area contributed by atoms with Gasteiger partial charge < -0.3 is 20.1 Å². The average molecular weight is 531 g/mol. The summed E-state index contributed by atoms with van der Waals surface area (Å²) in [5.41, 5.74) is 3.89. The van der Waals surface area contributed by atoms with E-state index in [-0.39, 0.29) is 22.6 Å². The molecule has 0 fully saturated rings. The van der Waals surface area contributed by atoms with E-state index in [1.165, 1.54) is 6.07 Å². The third-order valence-electron chi connectivity index (χ3n) is 7.58. The van der Waals surface area contributed by atoms with Gasteiger partial charge in [-0.05, 0) is 78.3 Å². The fraction of sp³-hybridized carbons (Fsp3) is 0.394. The van der Waals surface area contributed by atoms with Crippen LogP contribution in [0.2, 0.25) is 0 Å². The highest BCUT2D eigenvalue weighted by atomic mass is 16.6. The third kappa shape index (κ3) is 4.88. The lowest BCUT2D eigenvalue weighted by atomic mass is 9.72. The van der Waals surface area contributed by atoms with Crippen LogP contribution in [0.5, 0.6) is 11.5 Å². The maximum atomic E-state index is 13.7. The van der Waals surface area contributed by atoms with Gasteiger partial charge in [0.25, 0.3) is 0 Å². The number of aryl methyl sites for hydroxylation is 2. The molecule has 0 aromatic heterocycles. The SMILES string of the molecule is CCCc1cc(O)cc(C2(c3cc(O)cc(CCC)c3CCC)OC(=O)c3c(C(=O)O)cccc32)c1CCC. The van der Waals surface area contributed by atoms with Crippen molar-refractivity contribution in [2.45, 2.75) is 84.7 Å². The minimum Gasteiger partial charge on any atom is -0.508 e. The molecule has 3 aromatic carbocycles. The first kappa shape index (κ1) is 28.2. The van der Waals surface area contributed by atoms with E-state index in [1.54, 1.807) is 36.4 Å². The van der Waals surface area contributed by atoms with Crippen LogP contribution in [0.25, 0.3) is 0 Å². The summed E-state index contributed by atoms with van der Waals surface area (Å²) in [4.78, 5) is 25.9. The van der Waals surface area contributed by atoms with Gasteiger partial charge in [-0.1, -0.05) is 65.5 Å². The molecule has 1 aliphatic heterocycles. The van der Waals surface area contributed by atoms with Crippen molar-refractivity contribution in [3.63, 3.8) is 0 Å². The standard InChI is InChI=1S/C33H38O6/c1-5-10-20-16-22(34)18-28(24(20)12-7-3)33(27-15-9-14-26(31(36)37)30(27)32(38)39-33)29-19-23(35)17-21(11-6-2)25(29)13-8-4/h9,14-19,34-35H,5-8,10-13H2,1-4H3,(H,36,37). The van der Waals surface area contributed by atoms with Crippen molar-refractivity contribution in [2.75, 3.05) is 0 Å². The summed E-state index contributed by atoms with van der Waals surface area (Å²) in [5.74, 6) is -1.84. The zero-order valence-corrected chi connectivity index (χ0v) is 23.3. The predicted molar refractivity (Wildman–Crippen MR) is 151 cm³/mol. The molecular formula is C33H38O6. The molecule has 6 nitrogen and oxygen atoms in total. The fourth-order valence-corrected chi connectivity index (χ4v) is 6.17. The Labute approximate surface area is 230 Å². The van der Waals surface area contributed by atoms with Crippen molar-refractivity contribution >= 4 is 11.9 Å². The number of benzene rings is 3. The van der Waals surface area contributed by atoms with Crippen LogP contribution in [0.4, 0.5) is 0 Å². The fourth-order valence-electron chi connectivity index (χ4n) is 6.17. The van der Waals surface area contributed by atoms with Gasteiger partial charge in [0.15, 0.2) is 5.60 Å². The van der Waals surface area contributed by atoms with E-state index in [0.717, 1.165) is 60.8 Å². The molecule has 0 aliphatic carbocycles. The van der Waals surface area contributed by atoms with Crippen molar-refractivity contribution in [3.05, 3.63) is 92.5 Å². The highest BCUT2D eigenvalue weighted by Crippen LogP contribution is 2.52. The van der Waals surface area contributed by atoms with Crippen LogP contribution in [0.15, 0.2) is 42.5 Å². The lowest BCUT2D eigenvalue weighted by Crippen LogP contribution is -2.33. The van der Waals surface area contributed by atoms with Crippen LogP contribution in [0, 0.1) is 0 Å². The van der Waals surface area contributed by atoms with Crippen LogP contribution in [0.3, 0.4) is 0 Å². The molecule has 3 N–H and O–H groups in total. The minimum absolute atomic E-state index is 0.00988. The second-order valence-corrected chi connectivity index (χ2v) is 10.4. The Hall–Kier alpha value is -3.80. The third-order valence-corrected chi connectivity index (χ3v) is 7.58. The second-order valence-electron chi connectivity index (χ2n) is 10.4. The Morgan fingerprint density at radius 3 is 1.67 bits per heavy atom. The van der Waals surface area contributed by atoms with Crippen molar-refractivity contribution < 1.29 is 29.6 Å². The molecule has 0 saturated heterocycles. The highest BCUT2D eigenvalue weighted by Gasteiger charge is 2.52. The summed E-state index contributed by atoms with van der Waals surface area (Å²) >= 11 is 0. The van der Waals surface area contributed by atoms with Gasteiger partial charge in [-0.25, -0.2) is 9.59 Å². The smallest absolute Gasteiger partial charge is 0.341 e. The summed E-state index contributed by atoms with van der Waals surface area (Å²) in [6, 6.07) is 11.6. The molecule has 6 heteroatoms. The first-order chi connectivity index (χ1) is 18.7. The molecule has 206 valence electrons. The van der Waals surface area contributed by atoms with E-state index in [2.05, 4.69) is 27.7 Å². The Kier molecular flexibility index (Phi) is 8.34. The van der Waals surface area contributed by atoms with Gasteiger partial charge in [-0.2, -0.15) is 0 Å². The van der Waals surface area contributed by atoms with Gasteiger partial charge in [0.05, 0.1) is 11.1 Å². The highest BCUT2D eigenvalue weighted by molar-refractivity contribution is 6.06. The van der Waals surface area contributed by atoms with Gasteiger partial charge in [-0.3, -0.25) is 0 Å². The molecule has 0 radical (unpaired) electrons. The number of carboxylic acids is 1. The molecule has 1 aliphatic rings. The molecule has 0 bridgehead atoms. The number of ether oxygens (including phenoxy) is 1. The first-order valence-corrected chi connectivity index (χ1v) is 14.0. The van der Waals surface area contributed by atoms with E-state index in [0.29, 0.717) is 29.5 Å². The lowest BCUT2D eigenvalue weighted by Gasteiger charge is -2.35. The van der Waals surface area contributed by atoms with Crippen LogP contribution in [0.1, 0.15) is 113 Å². The zero-order valence-electron chi connectivity index (χ0n) is 23.3. The van der Waals surface area contributed by atoms with Gasteiger partial charge in [0.2, 0.25) is 0 Å². The van der Waals surface area contributed by atoms with Crippen molar-refractivity contribution in [1.29, 1.82) is 0 Å². The number of aromatic carboxylic acids is 1. The summed E-state index contributed by atoms with van der Waals surface area (Å²) in [6.07, 6.45) is 6.19. The maximum absolute atomic E-state index is 13.7. The number of carbonyl (C=O) groups is 2. The normalized spacial score (nSPS) is 13.8. The summed E-state index contributed by atoms with van der Waals surface area (Å²) < 4.78 is 6.41. The van der Waals surface area contributed by atoms with Gasteiger partial charge in [0, 0.05) is 16.7 Å². The molecule has 39 heavy (non-hydrogen) atoms. The second kappa shape index (κ2) is 11.5. The monoisotopic (exact) mass is 530 g/mol. The molecule has 0 saturated carbocycles. The number of rotatable bonds is 11. The van der Waals surface area contributed by atoms with E-state index in [9.17, 15) is 24.9 Å². The Morgan fingerprint density at radius 1 is 0.744 bits per heavy atom. The Morgan fingerprint density at radius 2 is 1.23 bits per heavy atom. The van der Waals surface area contributed by atoms with Crippen molar-refractivity contribution in [2.24, 2.45) is 0 Å². The van der Waals surface area contributed by atoms with Crippen LogP contribution < -0.4 is 0 Å². The minimum atomic E-state index is -1.53. The lowest BCUT2D eigenvalue weighted by molar-refractivity contribution is 0.0242. The molecule has 4 rings (SSSR count). The number of aromatic hydroxyl groups is 2. The zero-order chi connectivity index (χ0) is 28.3. The van der Waals surface area contributed by atoms with Crippen LogP contribution in [-0.4, -0.2) is 27.3 Å². The quantitative estimate of drug-likeness (QED) is 0.229. The average Bonchev–Trinajstić information content (AvgIpc) is 3.20. The summed E-state index contributed by atoms with van der Waals surface area (Å²) in [5, 5.41) is 31.9. The summed E-state index contributed by atoms with van der Waals surface area (Å²) in [6.45, 7) is 8.30. The van der Waals surface area contributed by atoms with Gasteiger partial charge >= 0.3 is 11.9 Å². The largest absolute Gasteiger partial charge is 0.508 e. The van der Waals surface area contributed by atoms with Crippen molar-refractivity contribution in [1.82, 2.24) is 0 Å². The van der Waals surface area contributed by atoms with Crippen LogP contribution in [-0.2, 0) is 36.0 Å². The Bertz CT molecular complexity index is 1340. The van der Waals surface area contributed by atoms with E-state index >= 15 is 0 Å². The maximum Gasteiger partial charge on any atom is 0.341 e. The van der Waals surface area contributed by atoms with Crippen molar-refractivity contribution in [3.8, 4) is 11.5 Å². The first-order valence-electron chi connectivity index (χ1n) is 14.0. The van der Waals surface area contributed by atoms with Crippen LogP contribution >= 0.6 is 0 Å². The molecule has 3 aromatic rings. The van der Waals surface area contributed by atoms with E-state index in [1.807, 2.05) is 0 Å². The number of hydrogen-bond donors (Lipinski definition) is 3. The number of cyclic esters (lactones) is 1. The molecule has 0 amide bonds. The number of phenols is 2.